The molecule has 1 saturated heterocycles. The van der Waals surface area contributed by atoms with Gasteiger partial charge in [0.15, 0.2) is 0 Å². The fourth-order valence-corrected chi connectivity index (χ4v) is 2.33. The van der Waals surface area contributed by atoms with Gasteiger partial charge in [-0.05, 0) is 19.3 Å². The predicted molar refractivity (Wildman–Crippen MR) is 51.9 cm³/mol. The molecule has 15 heavy (non-hydrogen) atoms. The first-order valence-corrected chi connectivity index (χ1v) is 5.20. The number of rotatable bonds is 2. The van der Waals surface area contributed by atoms with Crippen LogP contribution < -0.4 is 0 Å². The molecule has 2 aliphatic rings. The molecule has 0 aromatic rings. The van der Waals surface area contributed by atoms with Gasteiger partial charge in [-0.2, -0.15) is 0 Å². The van der Waals surface area contributed by atoms with E-state index >= 15 is 0 Å². The molecule has 1 heterocycles. The Morgan fingerprint density at radius 2 is 2.33 bits per heavy atom. The number of carbonyl (C=O) groups is 2. The first-order chi connectivity index (χ1) is 7.20. The number of hydrogen-bond donors (Lipinski definition) is 0. The molecule has 4 heteroatoms. The fraction of sp³-hybridized carbons (Fsp3) is 0.636. The van der Waals surface area contributed by atoms with Gasteiger partial charge in [-0.15, -0.1) is 0 Å². The molecule has 0 spiro atoms. The third-order valence-corrected chi connectivity index (χ3v) is 3.13. The molecule has 2 fully saturated rings. The standard InChI is InChI=1S/C11H14O4/c1-2-10(12)15-8-3-4-9-7(5-8)6-14-11(9)13/h2,7-9H,1,3-6H2. The lowest BCUT2D eigenvalue weighted by Crippen LogP contribution is -2.31. The number of cyclic esters (lactones) is 1. The Morgan fingerprint density at radius 1 is 1.53 bits per heavy atom. The van der Waals surface area contributed by atoms with E-state index in [1.807, 2.05) is 0 Å². The Morgan fingerprint density at radius 3 is 3.07 bits per heavy atom. The van der Waals surface area contributed by atoms with Gasteiger partial charge in [-0.25, -0.2) is 4.79 Å². The summed E-state index contributed by atoms with van der Waals surface area (Å²) >= 11 is 0. The monoisotopic (exact) mass is 210 g/mol. The molecule has 2 rings (SSSR count). The molecule has 0 aromatic carbocycles. The van der Waals surface area contributed by atoms with Gasteiger partial charge >= 0.3 is 11.9 Å². The molecule has 3 unspecified atom stereocenters. The van der Waals surface area contributed by atoms with Crippen molar-refractivity contribution in [3.05, 3.63) is 12.7 Å². The number of esters is 2. The van der Waals surface area contributed by atoms with Gasteiger partial charge in [0.2, 0.25) is 0 Å². The van der Waals surface area contributed by atoms with Crippen molar-refractivity contribution in [2.75, 3.05) is 6.61 Å². The summed E-state index contributed by atoms with van der Waals surface area (Å²) in [6.07, 6.45) is 3.33. The zero-order chi connectivity index (χ0) is 10.8. The van der Waals surface area contributed by atoms with Gasteiger partial charge in [0.1, 0.15) is 6.10 Å². The third kappa shape index (κ3) is 2.03. The molecular formula is C11H14O4. The van der Waals surface area contributed by atoms with Crippen LogP contribution in [0.2, 0.25) is 0 Å². The third-order valence-electron chi connectivity index (χ3n) is 3.13. The Kier molecular flexibility index (Phi) is 2.75. The molecule has 1 aliphatic heterocycles. The first-order valence-electron chi connectivity index (χ1n) is 5.20. The van der Waals surface area contributed by atoms with Crippen LogP contribution in [0.1, 0.15) is 19.3 Å². The van der Waals surface area contributed by atoms with Crippen LogP contribution in [-0.4, -0.2) is 24.6 Å². The SMILES string of the molecule is C=CC(=O)OC1CCC2C(=O)OCC2C1. The van der Waals surface area contributed by atoms with Crippen LogP contribution >= 0.6 is 0 Å². The topological polar surface area (TPSA) is 52.6 Å². The fourth-order valence-electron chi connectivity index (χ4n) is 2.33. The molecule has 82 valence electrons. The molecule has 1 saturated carbocycles. The quantitative estimate of drug-likeness (QED) is 0.505. The zero-order valence-electron chi connectivity index (χ0n) is 8.48. The lowest BCUT2D eigenvalue weighted by atomic mass is 9.80. The second-order valence-corrected chi connectivity index (χ2v) is 4.07. The highest BCUT2D eigenvalue weighted by Crippen LogP contribution is 2.36. The maximum Gasteiger partial charge on any atom is 0.330 e. The summed E-state index contributed by atoms with van der Waals surface area (Å²) in [5.74, 6) is -0.213. The molecule has 3 atom stereocenters. The minimum atomic E-state index is -0.385. The van der Waals surface area contributed by atoms with Crippen LogP contribution in [0, 0.1) is 11.8 Å². The van der Waals surface area contributed by atoms with Crippen LogP contribution in [0.4, 0.5) is 0 Å². The maximum atomic E-state index is 11.2. The van der Waals surface area contributed by atoms with E-state index in [1.54, 1.807) is 0 Å². The van der Waals surface area contributed by atoms with Crippen LogP contribution in [0.5, 0.6) is 0 Å². The number of carbonyl (C=O) groups excluding carboxylic acids is 2. The lowest BCUT2D eigenvalue weighted by Gasteiger charge is -2.28. The summed E-state index contributed by atoms with van der Waals surface area (Å²) in [6.45, 7) is 3.83. The highest BCUT2D eigenvalue weighted by molar-refractivity contribution is 5.81. The normalized spacial score (nSPS) is 34.1. The van der Waals surface area contributed by atoms with Crippen molar-refractivity contribution in [2.45, 2.75) is 25.4 Å². The van der Waals surface area contributed by atoms with Crippen molar-refractivity contribution in [1.29, 1.82) is 0 Å². The summed E-state index contributed by atoms with van der Waals surface area (Å²) in [5, 5.41) is 0. The molecule has 1 aliphatic carbocycles. The van der Waals surface area contributed by atoms with Crippen molar-refractivity contribution in [3.63, 3.8) is 0 Å². The van der Waals surface area contributed by atoms with Gasteiger partial charge in [0.25, 0.3) is 0 Å². The number of fused-ring (bicyclic) bond motifs is 1. The molecule has 0 N–H and O–H groups in total. The first kappa shape index (κ1) is 10.2. The smallest absolute Gasteiger partial charge is 0.330 e. The average molecular weight is 210 g/mol. The van der Waals surface area contributed by atoms with Crippen molar-refractivity contribution in [2.24, 2.45) is 11.8 Å². The molecule has 4 nitrogen and oxygen atoms in total. The Bertz CT molecular complexity index is 297. The Balaban J connectivity index is 1.90. The van der Waals surface area contributed by atoms with Gasteiger partial charge in [-0.1, -0.05) is 6.58 Å². The zero-order valence-corrected chi connectivity index (χ0v) is 8.48. The van der Waals surface area contributed by atoms with Gasteiger partial charge in [-0.3, -0.25) is 4.79 Å². The van der Waals surface area contributed by atoms with Gasteiger partial charge < -0.3 is 9.47 Å². The van der Waals surface area contributed by atoms with Crippen molar-refractivity contribution >= 4 is 11.9 Å². The van der Waals surface area contributed by atoms with E-state index in [9.17, 15) is 9.59 Å². The van der Waals surface area contributed by atoms with E-state index in [0.29, 0.717) is 6.61 Å². The Hall–Kier alpha value is -1.32. The van der Waals surface area contributed by atoms with Crippen LogP contribution in [0.3, 0.4) is 0 Å². The average Bonchev–Trinajstić information content (AvgIpc) is 2.60. The van der Waals surface area contributed by atoms with Crippen LogP contribution in [0.15, 0.2) is 12.7 Å². The Labute approximate surface area is 88.2 Å². The van der Waals surface area contributed by atoms with E-state index in [-0.39, 0.29) is 29.9 Å². The molecular weight excluding hydrogens is 196 g/mol. The van der Waals surface area contributed by atoms with Crippen molar-refractivity contribution in [3.8, 4) is 0 Å². The van der Waals surface area contributed by atoms with E-state index in [0.717, 1.165) is 19.3 Å². The lowest BCUT2D eigenvalue weighted by molar-refractivity contribution is -0.146. The highest BCUT2D eigenvalue weighted by atomic mass is 16.5. The number of hydrogen-bond acceptors (Lipinski definition) is 4. The van der Waals surface area contributed by atoms with Crippen LogP contribution in [0.25, 0.3) is 0 Å². The van der Waals surface area contributed by atoms with E-state index < -0.39 is 0 Å². The minimum absolute atomic E-state index is 0.0312. The second kappa shape index (κ2) is 4.04. The molecule has 0 amide bonds. The summed E-state index contributed by atoms with van der Waals surface area (Å²) in [7, 11) is 0. The molecule has 0 bridgehead atoms. The molecule has 0 radical (unpaired) electrons. The maximum absolute atomic E-state index is 11.2. The molecule has 0 aromatic heterocycles. The van der Waals surface area contributed by atoms with E-state index in [2.05, 4.69) is 6.58 Å². The van der Waals surface area contributed by atoms with E-state index in [4.69, 9.17) is 9.47 Å². The van der Waals surface area contributed by atoms with E-state index in [1.165, 1.54) is 6.08 Å². The highest BCUT2D eigenvalue weighted by Gasteiger charge is 2.42. The summed E-state index contributed by atoms with van der Waals surface area (Å²) in [6, 6.07) is 0. The van der Waals surface area contributed by atoms with Crippen LogP contribution in [-0.2, 0) is 19.1 Å². The minimum Gasteiger partial charge on any atom is -0.465 e. The largest absolute Gasteiger partial charge is 0.465 e. The van der Waals surface area contributed by atoms with Crippen molar-refractivity contribution in [1.82, 2.24) is 0 Å². The summed E-state index contributed by atoms with van der Waals surface area (Å²) in [4.78, 5) is 22.2. The van der Waals surface area contributed by atoms with Gasteiger partial charge in [0.05, 0.1) is 12.5 Å². The predicted octanol–water partition coefficient (Wildman–Crippen LogP) is 1.06. The second-order valence-electron chi connectivity index (χ2n) is 4.07. The van der Waals surface area contributed by atoms with Gasteiger partial charge in [0, 0.05) is 12.0 Å². The van der Waals surface area contributed by atoms with Crippen molar-refractivity contribution < 1.29 is 19.1 Å². The summed E-state index contributed by atoms with van der Waals surface area (Å²) in [5.41, 5.74) is 0. The summed E-state index contributed by atoms with van der Waals surface area (Å²) < 4.78 is 10.1. The number of ether oxygens (including phenoxy) is 2.